The van der Waals surface area contributed by atoms with E-state index in [9.17, 15) is 9.59 Å². The molecule has 0 spiro atoms. The molecule has 0 bridgehead atoms. The van der Waals surface area contributed by atoms with Crippen molar-refractivity contribution in [3.8, 4) is 0 Å². The van der Waals surface area contributed by atoms with Crippen LogP contribution in [0, 0.1) is 0 Å². The quantitative estimate of drug-likeness (QED) is 0.896. The second-order valence-corrected chi connectivity index (χ2v) is 9.15. The third-order valence-corrected chi connectivity index (χ3v) is 6.74. The zero-order valence-corrected chi connectivity index (χ0v) is 15.9. The first kappa shape index (κ1) is 17.2. The average Bonchev–Trinajstić information content (AvgIpc) is 3.06. The lowest BCUT2D eigenvalue weighted by atomic mass is 9.99. The molecule has 5 heteroatoms. The van der Waals surface area contributed by atoms with E-state index in [0.29, 0.717) is 0 Å². The number of fused-ring (bicyclic) bond motifs is 3. The van der Waals surface area contributed by atoms with Gasteiger partial charge in [0.1, 0.15) is 11.4 Å². The molecule has 0 aromatic heterocycles. The summed E-state index contributed by atoms with van der Waals surface area (Å²) in [6.45, 7) is 6.06. The van der Waals surface area contributed by atoms with Crippen LogP contribution in [0.3, 0.4) is 0 Å². The monoisotopic (exact) mass is 366 g/mol. The van der Waals surface area contributed by atoms with Gasteiger partial charge < -0.3 is 10.2 Å². The number of hydrogen-bond acceptors (Lipinski definition) is 3. The lowest BCUT2D eigenvalue weighted by molar-refractivity contribution is -0.126. The molecule has 2 amide bonds. The molecule has 1 saturated heterocycles. The average molecular weight is 366 g/mol. The Bertz CT molecular complexity index is 865. The summed E-state index contributed by atoms with van der Waals surface area (Å²) >= 11 is 1.69. The first-order valence-electron chi connectivity index (χ1n) is 8.85. The van der Waals surface area contributed by atoms with Gasteiger partial charge in [-0.3, -0.25) is 9.59 Å². The van der Waals surface area contributed by atoms with Crippen LogP contribution in [0.2, 0.25) is 0 Å². The Labute approximate surface area is 158 Å². The number of carbonyl (C=O) groups is 2. The van der Waals surface area contributed by atoms with Gasteiger partial charge in [-0.15, -0.1) is 11.8 Å². The SMILES string of the molecule is CC(NC(=O)C1N2C(=O)c3ccccc3C2SC1(C)C)c1ccccc1. The number of amides is 2. The summed E-state index contributed by atoms with van der Waals surface area (Å²) in [5, 5.41) is 3.02. The second-order valence-electron chi connectivity index (χ2n) is 7.42. The van der Waals surface area contributed by atoms with Crippen molar-refractivity contribution in [1.29, 1.82) is 0 Å². The minimum Gasteiger partial charge on any atom is -0.348 e. The largest absolute Gasteiger partial charge is 0.348 e. The minimum atomic E-state index is -0.497. The van der Waals surface area contributed by atoms with Gasteiger partial charge in [0.2, 0.25) is 5.91 Å². The summed E-state index contributed by atoms with van der Waals surface area (Å²) in [7, 11) is 0. The van der Waals surface area contributed by atoms with Crippen LogP contribution in [0.25, 0.3) is 0 Å². The molecule has 26 heavy (non-hydrogen) atoms. The summed E-state index contributed by atoms with van der Waals surface area (Å²) in [4.78, 5) is 27.9. The van der Waals surface area contributed by atoms with Gasteiger partial charge in [-0.25, -0.2) is 0 Å². The maximum atomic E-state index is 13.2. The Morgan fingerprint density at radius 1 is 1.12 bits per heavy atom. The Hall–Kier alpha value is -2.27. The molecule has 134 valence electrons. The van der Waals surface area contributed by atoms with Crippen LogP contribution in [-0.4, -0.2) is 27.5 Å². The normalized spacial score (nSPS) is 24.1. The van der Waals surface area contributed by atoms with Crippen LogP contribution in [0.5, 0.6) is 0 Å². The maximum Gasteiger partial charge on any atom is 0.256 e. The highest BCUT2D eigenvalue weighted by molar-refractivity contribution is 8.01. The van der Waals surface area contributed by atoms with E-state index < -0.39 is 6.04 Å². The van der Waals surface area contributed by atoms with Gasteiger partial charge >= 0.3 is 0 Å². The summed E-state index contributed by atoms with van der Waals surface area (Å²) in [5.41, 5.74) is 2.79. The standard InChI is InChI=1S/C21H22N2O2S/c1-13(14-9-5-4-6-10-14)22-18(24)17-21(2,3)26-20-16-12-8-7-11-15(16)19(25)23(17)20/h4-13,17,20H,1-3H3,(H,22,24). The highest BCUT2D eigenvalue weighted by Gasteiger charge is 2.57. The van der Waals surface area contributed by atoms with E-state index in [1.807, 2.05) is 75.4 Å². The molecule has 3 atom stereocenters. The Balaban J connectivity index is 1.62. The van der Waals surface area contributed by atoms with E-state index in [1.54, 1.807) is 16.7 Å². The zero-order valence-electron chi connectivity index (χ0n) is 15.1. The van der Waals surface area contributed by atoms with Crippen molar-refractivity contribution in [3.05, 3.63) is 71.3 Å². The number of rotatable bonds is 3. The van der Waals surface area contributed by atoms with Crippen LogP contribution in [0.1, 0.15) is 53.7 Å². The van der Waals surface area contributed by atoms with Crippen molar-refractivity contribution in [1.82, 2.24) is 10.2 Å². The number of thioether (sulfide) groups is 1. The van der Waals surface area contributed by atoms with E-state index in [1.165, 1.54) is 0 Å². The van der Waals surface area contributed by atoms with Crippen molar-refractivity contribution < 1.29 is 9.59 Å². The van der Waals surface area contributed by atoms with Gasteiger partial charge in [0.15, 0.2) is 0 Å². The molecule has 1 fully saturated rings. The Morgan fingerprint density at radius 2 is 1.77 bits per heavy atom. The van der Waals surface area contributed by atoms with Gasteiger partial charge in [0.05, 0.1) is 6.04 Å². The van der Waals surface area contributed by atoms with Crippen molar-refractivity contribution in [2.24, 2.45) is 0 Å². The van der Waals surface area contributed by atoms with E-state index in [0.717, 1.165) is 16.7 Å². The summed E-state index contributed by atoms with van der Waals surface area (Å²) < 4.78 is -0.353. The second kappa shape index (κ2) is 6.16. The number of nitrogens with zero attached hydrogens (tertiary/aromatic N) is 1. The number of hydrogen-bond donors (Lipinski definition) is 1. The topological polar surface area (TPSA) is 49.4 Å². The smallest absolute Gasteiger partial charge is 0.256 e. The lowest BCUT2D eigenvalue weighted by Crippen LogP contribution is -2.52. The minimum absolute atomic E-state index is 0.0452. The molecular formula is C21H22N2O2S. The highest BCUT2D eigenvalue weighted by atomic mass is 32.2. The third kappa shape index (κ3) is 2.62. The van der Waals surface area contributed by atoms with Crippen LogP contribution < -0.4 is 5.32 Å². The molecule has 1 N–H and O–H groups in total. The molecule has 0 radical (unpaired) electrons. The van der Waals surface area contributed by atoms with E-state index in [-0.39, 0.29) is 28.0 Å². The van der Waals surface area contributed by atoms with Crippen molar-refractivity contribution in [2.45, 2.75) is 43.0 Å². The molecule has 3 unspecified atom stereocenters. The maximum absolute atomic E-state index is 13.2. The van der Waals surface area contributed by atoms with Crippen molar-refractivity contribution >= 4 is 23.6 Å². The fourth-order valence-corrected chi connectivity index (χ4v) is 5.51. The molecular weight excluding hydrogens is 344 g/mol. The number of carbonyl (C=O) groups excluding carboxylic acids is 2. The number of benzene rings is 2. The molecule has 2 heterocycles. The molecule has 0 saturated carbocycles. The molecule has 4 rings (SSSR count). The van der Waals surface area contributed by atoms with E-state index in [4.69, 9.17) is 0 Å². The zero-order chi connectivity index (χ0) is 18.5. The molecule has 0 aliphatic carbocycles. The van der Waals surface area contributed by atoms with Gasteiger partial charge in [0, 0.05) is 10.3 Å². The number of nitrogens with one attached hydrogen (secondary N) is 1. The molecule has 2 aromatic rings. The van der Waals surface area contributed by atoms with Crippen LogP contribution in [-0.2, 0) is 4.79 Å². The van der Waals surface area contributed by atoms with Crippen LogP contribution in [0.4, 0.5) is 0 Å². The lowest BCUT2D eigenvalue weighted by Gasteiger charge is -2.30. The highest BCUT2D eigenvalue weighted by Crippen LogP contribution is 2.56. The Kier molecular flexibility index (Phi) is 4.07. The summed E-state index contributed by atoms with van der Waals surface area (Å²) in [5.74, 6) is -0.140. The van der Waals surface area contributed by atoms with Crippen molar-refractivity contribution in [2.75, 3.05) is 0 Å². The molecule has 2 aromatic carbocycles. The van der Waals surface area contributed by atoms with E-state index in [2.05, 4.69) is 5.32 Å². The first-order valence-corrected chi connectivity index (χ1v) is 9.73. The predicted molar refractivity (Wildman–Crippen MR) is 104 cm³/mol. The van der Waals surface area contributed by atoms with Crippen molar-refractivity contribution in [3.63, 3.8) is 0 Å². The first-order chi connectivity index (χ1) is 12.4. The predicted octanol–water partition coefficient (Wildman–Crippen LogP) is 3.91. The molecule has 2 aliphatic rings. The molecule has 4 nitrogen and oxygen atoms in total. The summed E-state index contributed by atoms with van der Waals surface area (Å²) in [6, 6.07) is 17.0. The van der Waals surface area contributed by atoms with Gasteiger partial charge in [0.25, 0.3) is 5.91 Å². The van der Waals surface area contributed by atoms with Gasteiger partial charge in [-0.1, -0.05) is 48.5 Å². The Morgan fingerprint density at radius 3 is 2.50 bits per heavy atom. The van der Waals surface area contributed by atoms with E-state index >= 15 is 0 Å². The third-order valence-electron chi connectivity index (χ3n) is 5.20. The molecule has 2 aliphatic heterocycles. The fraction of sp³-hybridized carbons (Fsp3) is 0.333. The fourth-order valence-electron chi connectivity index (χ4n) is 3.92. The summed E-state index contributed by atoms with van der Waals surface area (Å²) in [6.07, 6.45) is 0. The van der Waals surface area contributed by atoms with Gasteiger partial charge in [-0.2, -0.15) is 0 Å². The van der Waals surface area contributed by atoms with Crippen LogP contribution in [0.15, 0.2) is 54.6 Å². The van der Waals surface area contributed by atoms with Crippen LogP contribution >= 0.6 is 11.8 Å². The van der Waals surface area contributed by atoms with Gasteiger partial charge in [-0.05, 0) is 38.0 Å².